The highest BCUT2D eigenvalue weighted by Crippen LogP contribution is 2.25. The van der Waals surface area contributed by atoms with Crippen LogP contribution < -0.4 is 15.4 Å². The van der Waals surface area contributed by atoms with Gasteiger partial charge >= 0.3 is 6.03 Å². The Morgan fingerprint density at radius 3 is 2.91 bits per heavy atom. The Kier molecular flexibility index (Phi) is 6.28. The molecule has 0 bridgehead atoms. The normalized spacial score (nSPS) is 18.7. The number of urea groups is 1. The van der Waals surface area contributed by atoms with E-state index in [4.69, 9.17) is 4.74 Å². The fourth-order valence-electron chi connectivity index (χ4n) is 3.06. The number of nitrogens with zero attached hydrogens (tertiary/aromatic N) is 1. The lowest BCUT2D eigenvalue weighted by Crippen LogP contribution is -2.44. The number of piperidine rings is 1. The quantitative estimate of drug-likeness (QED) is 0.876. The van der Waals surface area contributed by atoms with Crippen molar-refractivity contribution < 1.29 is 9.53 Å². The van der Waals surface area contributed by atoms with Gasteiger partial charge in [-0.05, 0) is 63.8 Å². The minimum Gasteiger partial charge on any atom is -0.495 e. The van der Waals surface area contributed by atoms with Gasteiger partial charge < -0.3 is 20.3 Å². The SMILES string of the molecule is COc1ccc(C)cc1NC(=O)NC[C@H]1CCCN(C(C)C)C1. The van der Waals surface area contributed by atoms with Crippen LogP contribution in [0.1, 0.15) is 32.3 Å². The molecule has 0 aliphatic carbocycles. The van der Waals surface area contributed by atoms with Gasteiger partial charge in [-0.25, -0.2) is 4.79 Å². The van der Waals surface area contributed by atoms with Crippen LogP contribution in [0, 0.1) is 12.8 Å². The average molecular weight is 319 g/mol. The summed E-state index contributed by atoms with van der Waals surface area (Å²) in [5, 5.41) is 5.89. The van der Waals surface area contributed by atoms with Crippen molar-refractivity contribution in [2.75, 3.05) is 32.1 Å². The molecule has 2 amide bonds. The molecule has 23 heavy (non-hydrogen) atoms. The lowest BCUT2D eigenvalue weighted by Gasteiger charge is -2.35. The van der Waals surface area contributed by atoms with E-state index >= 15 is 0 Å². The second kappa shape index (κ2) is 8.20. The lowest BCUT2D eigenvalue weighted by molar-refractivity contribution is 0.139. The van der Waals surface area contributed by atoms with E-state index in [1.807, 2.05) is 25.1 Å². The summed E-state index contributed by atoms with van der Waals surface area (Å²) in [4.78, 5) is 14.6. The van der Waals surface area contributed by atoms with E-state index < -0.39 is 0 Å². The summed E-state index contributed by atoms with van der Waals surface area (Å²) < 4.78 is 5.29. The summed E-state index contributed by atoms with van der Waals surface area (Å²) in [6, 6.07) is 6.15. The predicted octanol–water partition coefficient (Wildman–Crippen LogP) is 3.25. The number of hydrogen-bond donors (Lipinski definition) is 2. The van der Waals surface area contributed by atoms with E-state index in [0.29, 0.717) is 29.9 Å². The second-order valence-electron chi connectivity index (χ2n) is 6.64. The van der Waals surface area contributed by atoms with E-state index in [2.05, 4.69) is 29.4 Å². The number of hydrogen-bond acceptors (Lipinski definition) is 3. The molecule has 0 unspecified atom stereocenters. The Morgan fingerprint density at radius 1 is 1.43 bits per heavy atom. The highest BCUT2D eigenvalue weighted by Gasteiger charge is 2.22. The van der Waals surface area contributed by atoms with Gasteiger partial charge in [-0.2, -0.15) is 0 Å². The lowest BCUT2D eigenvalue weighted by atomic mass is 9.97. The van der Waals surface area contributed by atoms with Crippen molar-refractivity contribution in [3.63, 3.8) is 0 Å². The molecule has 1 fully saturated rings. The van der Waals surface area contributed by atoms with Crippen molar-refractivity contribution in [3.8, 4) is 5.75 Å². The van der Waals surface area contributed by atoms with Crippen molar-refractivity contribution in [2.24, 2.45) is 5.92 Å². The molecule has 1 heterocycles. The van der Waals surface area contributed by atoms with Crippen LogP contribution in [-0.4, -0.2) is 43.7 Å². The van der Waals surface area contributed by atoms with Crippen LogP contribution in [0.3, 0.4) is 0 Å². The van der Waals surface area contributed by atoms with Crippen LogP contribution >= 0.6 is 0 Å². The number of carbonyl (C=O) groups excluding carboxylic acids is 1. The Labute approximate surface area is 139 Å². The van der Waals surface area contributed by atoms with Crippen molar-refractivity contribution in [1.29, 1.82) is 0 Å². The molecule has 1 aromatic carbocycles. The number of benzene rings is 1. The van der Waals surface area contributed by atoms with E-state index in [1.165, 1.54) is 19.4 Å². The predicted molar refractivity (Wildman–Crippen MR) is 94.2 cm³/mol. The van der Waals surface area contributed by atoms with Crippen LogP contribution in [0.25, 0.3) is 0 Å². The fourth-order valence-corrected chi connectivity index (χ4v) is 3.06. The Hall–Kier alpha value is -1.75. The van der Waals surface area contributed by atoms with Crippen molar-refractivity contribution >= 4 is 11.7 Å². The minimum atomic E-state index is -0.171. The Balaban J connectivity index is 1.84. The molecule has 1 saturated heterocycles. The monoisotopic (exact) mass is 319 g/mol. The summed E-state index contributed by atoms with van der Waals surface area (Å²) in [5.74, 6) is 1.20. The van der Waals surface area contributed by atoms with E-state index in [1.54, 1.807) is 7.11 Å². The number of likely N-dealkylation sites (tertiary alicyclic amines) is 1. The number of anilines is 1. The zero-order chi connectivity index (χ0) is 16.8. The first-order valence-corrected chi connectivity index (χ1v) is 8.43. The standard InChI is InChI=1S/C18H29N3O2/c1-13(2)21-9-5-6-15(12-21)11-19-18(22)20-16-10-14(3)7-8-17(16)23-4/h7-8,10,13,15H,5-6,9,11-12H2,1-4H3,(H2,19,20,22)/t15-/m1/s1. The molecular formula is C18H29N3O2. The number of amides is 2. The molecule has 5 nitrogen and oxygen atoms in total. The molecule has 0 saturated carbocycles. The highest BCUT2D eigenvalue weighted by molar-refractivity contribution is 5.91. The highest BCUT2D eigenvalue weighted by atomic mass is 16.5. The molecule has 0 radical (unpaired) electrons. The first-order valence-electron chi connectivity index (χ1n) is 8.43. The number of methoxy groups -OCH3 is 1. The van der Waals surface area contributed by atoms with Gasteiger partial charge in [-0.3, -0.25) is 0 Å². The van der Waals surface area contributed by atoms with Crippen molar-refractivity contribution in [2.45, 2.75) is 39.7 Å². The molecule has 1 aliphatic heterocycles. The van der Waals surface area contributed by atoms with Gasteiger partial charge in [0.25, 0.3) is 0 Å². The third-order valence-electron chi connectivity index (χ3n) is 4.44. The first-order chi connectivity index (χ1) is 11.0. The number of aryl methyl sites for hydroxylation is 1. The largest absolute Gasteiger partial charge is 0.495 e. The molecule has 5 heteroatoms. The minimum absolute atomic E-state index is 0.171. The molecule has 1 aliphatic rings. The molecule has 128 valence electrons. The maximum Gasteiger partial charge on any atom is 0.319 e. The molecular weight excluding hydrogens is 290 g/mol. The number of rotatable bonds is 5. The van der Waals surface area contributed by atoms with Crippen molar-refractivity contribution in [3.05, 3.63) is 23.8 Å². The molecule has 0 aromatic heterocycles. The van der Waals surface area contributed by atoms with Crippen LogP contribution in [-0.2, 0) is 0 Å². The van der Waals surface area contributed by atoms with Gasteiger partial charge in [0.2, 0.25) is 0 Å². The van der Waals surface area contributed by atoms with Gasteiger partial charge in [0, 0.05) is 19.1 Å². The van der Waals surface area contributed by atoms with E-state index in [0.717, 1.165) is 12.1 Å². The molecule has 1 atom stereocenters. The van der Waals surface area contributed by atoms with Crippen LogP contribution in [0.2, 0.25) is 0 Å². The third-order valence-corrected chi connectivity index (χ3v) is 4.44. The number of ether oxygens (including phenoxy) is 1. The van der Waals surface area contributed by atoms with Gasteiger partial charge in [0.05, 0.1) is 12.8 Å². The maximum absolute atomic E-state index is 12.2. The fraction of sp³-hybridized carbons (Fsp3) is 0.611. The maximum atomic E-state index is 12.2. The first kappa shape index (κ1) is 17.6. The average Bonchev–Trinajstić information content (AvgIpc) is 2.53. The van der Waals surface area contributed by atoms with Gasteiger partial charge in [0.15, 0.2) is 0 Å². The van der Waals surface area contributed by atoms with E-state index in [9.17, 15) is 4.79 Å². The number of carbonyl (C=O) groups is 1. The third kappa shape index (κ3) is 5.13. The molecule has 2 rings (SSSR count). The Morgan fingerprint density at radius 2 is 2.22 bits per heavy atom. The van der Waals surface area contributed by atoms with Crippen LogP contribution in [0.5, 0.6) is 5.75 Å². The second-order valence-corrected chi connectivity index (χ2v) is 6.64. The number of nitrogens with one attached hydrogen (secondary N) is 2. The van der Waals surface area contributed by atoms with Gasteiger partial charge in [0.1, 0.15) is 5.75 Å². The topological polar surface area (TPSA) is 53.6 Å². The van der Waals surface area contributed by atoms with E-state index in [-0.39, 0.29) is 6.03 Å². The van der Waals surface area contributed by atoms with Crippen LogP contribution in [0.15, 0.2) is 18.2 Å². The summed E-state index contributed by atoms with van der Waals surface area (Å²) in [7, 11) is 1.61. The zero-order valence-electron chi connectivity index (χ0n) is 14.7. The zero-order valence-corrected chi connectivity index (χ0v) is 14.7. The molecule has 0 spiro atoms. The molecule has 1 aromatic rings. The van der Waals surface area contributed by atoms with Crippen LogP contribution in [0.4, 0.5) is 10.5 Å². The summed E-state index contributed by atoms with van der Waals surface area (Å²) in [6.07, 6.45) is 2.38. The smallest absolute Gasteiger partial charge is 0.319 e. The summed E-state index contributed by atoms with van der Waals surface area (Å²) >= 11 is 0. The summed E-state index contributed by atoms with van der Waals surface area (Å²) in [6.45, 7) is 9.39. The van der Waals surface area contributed by atoms with Crippen molar-refractivity contribution in [1.82, 2.24) is 10.2 Å². The Bertz CT molecular complexity index is 531. The van der Waals surface area contributed by atoms with Gasteiger partial charge in [-0.15, -0.1) is 0 Å². The molecule has 2 N–H and O–H groups in total. The summed E-state index contributed by atoms with van der Waals surface area (Å²) in [5.41, 5.74) is 1.79. The van der Waals surface area contributed by atoms with Gasteiger partial charge in [-0.1, -0.05) is 6.07 Å².